The number of benzene rings is 1. The molecule has 1 N–H and O–H groups in total. The summed E-state index contributed by atoms with van der Waals surface area (Å²) in [6.07, 6.45) is 4.02. The first-order valence-electron chi connectivity index (χ1n) is 8.34. The van der Waals surface area contributed by atoms with Gasteiger partial charge in [-0.25, -0.2) is 0 Å². The van der Waals surface area contributed by atoms with Crippen molar-refractivity contribution in [3.8, 4) is 0 Å². The van der Waals surface area contributed by atoms with Crippen molar-refractivity contribution < 1.29 is 0 Å². The summed E-state index contributed by atoms with van der Waals surface area (Å²) in [7, 11) is 0. The molecule has 2 nitrogen and oxygen atoms in total. The van der Waals surface area contributed by atoms with Gasteiger partial charge in [-0.3, -0.25) is 0 Å². The molecule has 1 saturated heterocycles. The van der Waals surface area contributed by atoms with E-state index >= 15 is 0 Å². The zero-order chi connectivity index (χ0) is 15.2. The van der Waals surface area contributed by atoms with Gasteiger partial charge in [0.25, 0.3) is 0 Å². The normalized spacial score (nSPS) is 18.7. The molecule has 1 unspecified atom stereocenters. The molecule has 2 rings (SSSR count). The molecule has 0 amide bonds. The molecule has 0 aliphatic carbocycles. The Morgan fingerprint density at radius 3 is 2.90 bits per heavy atom. The third-order valence-corrected chi connectivity index (χ3v) is 4.73. The average Bonchev–Trinajstić information content (AvgIpc) is 2.89. The molecule has 1 aliphatic rings. The first-order valence-corrected chi connectivity index (χ1v) is 9.13. The molecule has 1 aromatic carbocycles. The molecule has 1 aliphatic heterocycles. The van der Waals surface area contributed by atoms with Gasteiger partial charge in [0.15, 0.2) is 0 Å². The molecule has 1 heterocycles. The van der Waals surface area contributed by atoms with Crippen LogP contribution in [0.1, 0.15) is 45.6 Å². The van der Waals surface area contributed by atoms with E-state index in [2.05, 4.69) is 65.1 Å². The molecular formula is C18H29BrN2. The highest BCUT2D eigenvalue weighted by Gasteiger charge is 2.23. The largest absolute Gasteiger partial charge is 0.371 e. The van der Waals surface area contributed by atoms with E-state index in [1.54, 1.807) is 0 Å². The molecule has 0 spiro atoms. The number of rotatable bonds is 7. The maximum Gasteiger partial charge on any atom is 0.0423 e. The Balaban J connectivity index is 2.05. The number of hydrogen-bond donors (Lipinski definition) is 1. The second-order valence-corrected chi connectivity index (χ2v) is 7.60. The number of nitrogens with one attached hydrogen (secondary N) is 1. The van der Waals surface area contributed by atoms with E-state index < -0.39 is 0 Å². The molecule has 0 saturated carbocycles. The summed E-state index contributed by atoms with van der Waals surface area (Å²) in [6, 6.07) is 6.72. The van der Waals surface area contributed by atoms with Crippen molar-refractivity contribution in [3.63, 3.8) is 0 Å². The van der Waals surface area contributed by atoms with Gasteiger partial charge in [0.05, 0.1) is 0 Å². The lowest BCUT2D eigenvalue weighted by Gasteiger charge is -2.23. The van der Waals surface area contributed by atoms with Gasteiger partial charge in [0.1, 0.15) is 0 Å². The first-order chi connectivity index (χ1) is 10.1. The van der Waals surface area contributed by atoms with E-state index in [0.29, 0.717) is 5.92 Å². The molecule has 0 bridgehead atoms. The lowest BCUT2D eigenvalue weighted by Crippen LogP contribution is -2.24. The van der Waals surface area contributed by atoms with Crippen LogP contribution in [0.4, 0.5) is 5.69 Å². The summed E-state index contributed by atoms with van der Waals surface area (Å²) in [5, 5.41) is 3.58. The first kappa shape index (κ1) is 16.8. The zero-order valence-electron chi connectivity index (χ0n) is 13.7. The summed E-state index contributed by atoms with van der Waals surface area (Å²) in [6.45, 7) is 11.3. The highest BCUT2D eigenvalue weighted by atomic mass is 79.9. The van der Waals surface area contributed by atoms with E-state index in [9.17, 15) is 0 Å². The average molecular weight is 353 g/mol. The minimum absolute atomic E-state index is 0.699. The van der Waals surface area contributed by atoms with Crippen molar-refractivity contribution >= 4 is 21.6 Å². The van der Waals surface area contributed by atoms with Gasteiger partial charge in [-0.1, -0.05) is 49.2 Å². The Bertz CT molecular complexity index is 445. The standard InChI is InChI=1S/C18H29BrN2/c1-4-5-15-8-9-21(13-15)18-10-17(19)7-6-16(18)12-20-11-14(2)3/h6-7,10,14-15,20H,4-5,8-9,11-13H2,1-3H3. The number of nitrogens with zero attached hydrogens (tertiary/aromatic N) is 1. The van der Waals surface area contributed by atoms with Crippen molar-refractivity contribution in [2.45, 2.75) is 46.6 Å². The van der Waals surface area contributed by atoms with Crippen LogP contribution in [-0.2, 0) is 6.54 Å². The van der Waals surface area contributed by atoms with Crippen LogP contribution in [0.2, 0.25) is 0 Å². The van der Waals surface area contributed by atoms with E-state index in [4.69, 9.17) is 0 Å². The lowest BCUT2D eigenvalue weighted by atomic mass is 10.0. The third-order valence-electron chi connectivity index (χ3n) is 4.24. The van der Waals surface area contributed by atoms with Crippen LogP contribution in [-0.4, -0.2) is 19.6 Å². The van der Waals surface area contributed by atoms with Crippen molar-refractivity contribution in [2.24, 2.45) is 11.8 Å². The topological polar surface area (TPSA) is 15.3 Å². The molecule has 1 aromatic rings. The Kier molecular flexibility index (Phi) is 6.56. The SMILES string of the molecule is CCCC1CCN(c2cc(Br)ccc2CNCC(C)C)C1. The maximum absolute atomic E-state index is 3.63. The Labute approximate surface area is 138 Å². The Morgan fingerprint density at radius 1 is 1.38 bits per heavy atom. The number of halogens is 1. The Morgan fingerprint density at radius 2 is 2.19 bits per heavy atom. The van der Waals surface area contributed by atoms with Crippen LogP contribution in [0, 0.1) is 11.8 Å². The summed E-state index contributed by atoms with van der Waals surface area (Å²) in [4.78, 5) is 2.58. The number of hydrogen-bond acceptors (Lipinski definition) is 2. The van der Waals surface area contributed by atoms with Gasteiger partial charge in [-0.2, -0.15) is 0 Å². The van der Waals surface area contributed by atoms with Gasteiger partial charge in [0.2, 0.25) is 0 Å². The fourth-order valence-electron chi connectivity index (χ4n) is 3.17. The van der Waals surface area contributed by atoms with Crippen molar-refractivity contribution in [1.29, 1.82) is 0 Å². The second kappa shape index (κ2) is 8.19. The minimum Gasteiger partial charge on any atom is -0.371 e. The summed E-state index contributed by atoms with van der Waals surface area (Å²) in [5.74, 6) is 1.58. The molecule has 118 valence electrons. The second-order valence-electron chi connectivity index (χ2n) is 6.69. The van der Waals surface area contributed by atoms with Crippen LogP contribution in [0.3, 0.4) is 0 Å². The van der Waals surface area contributed by atoms with Crippen molar-refractivity contribution in [1.82, 2.24) is 5.32 Å². The fraction of sp³-hybridized carbons (Fsp3) is 0.667. The van der Waals surface area contributed by atoms with E-state index in [0.717, 1.165) is 19.0 Å². The van der Waals surface area contributed by atoms with Gasteiger partial charge < -0.3 is 10.2 Å². The maximum atomic E-state index is 3.63. The summed E-state index contributed by atoms with van der Waals surface area (Å²) in [5.41, 5.74) is 2.84. The fourth-order valence-corrected chi connectivity index (χ4v) is 3.52. The van der Waals surface area contributed by atoms with E-state index in [-0.39, 0.29) is 0 Å². The molecule has 1 atom stereocenters. The van der Waals surface area contributed by atoms with Crippen molar-refractivity contribution in [2.75, 3.05) is 24.5 Å². The van der Waals surface area contributed by atoms with E-state index in [1.807, 2.05) is 0 Å². The minimum atomic E-state index is 0.699. The van der Waals surface area contributed by atoms with E-state index in [1.165, 1.54) is 48.1 Å². The third kappa shape index (κ3) is 5.00. The highest BCUT2D eigenvalue weighted by molar-refractivity contribution is 9.10. The predicted octanol–water partition coefficient (Wildman–Crippen LogP) is 4.82. The Hall–Kier alpha value is -0.540. The predicted molar refractivity (Wildman–Crippen MR) is 95.9 cm³/mol. The highest BCUT2D eigenvalue weighted by Crippen LogP contribution is 2.31. The molecule has 0 radical (unpaired) electrons. The zero-order valence-corrected chi connectivity index (χ0v) is 15.2. The molecule has 0 aromatic heterocycles. The molecule has 1 fully saturated rings. The quantitative estimate of drug-likeness (QED) is 0.756. The van der Waals surface area contributed by atoms with Crippen LogP contribution in [0.15, 0.2) is 22.7 Å². The van der Waals surface area contributed by atoms with Crippen LogP contribution < -0.4 is 10.2 Å². The molecule has 3 heteroatoms. The monoisotopic (exact) mass is 352 g/mol. The molecule has 21 heavy (non-hydrogen) atoms. The van der Waals surface area contributed by atoms with Crippen LogP contribution in [0.5, 0.6) is 0 Å². The smallest absolute Gasteiger partial charge is 0.0423 e. The van der Waals surface area contributed by atoms with Gasteiger partial charge >= 0.3 is 0 Å². The summed E-state index contributed by atoms with van der Waals surface area (Å²) < 4.78 is 1.18. The van der Waals surface area contributed by atoms with Gasteiger partial charge in [-0.05, 0) is 48.9 Å². The van der Waals surface area contributed by atoms with Gasteiger partial charge in [-0.15, -0.1) is 0 Å². The van der Waals surface area contributed by atoms with Gasteiger partial charge in [0, 0.05) is 29.8 Å². The van der Waals surface area contributed by atoms with Crippen LogP contribution >= 0.6 is 15.9 Å². The van der Waals surface area contributed by atoms with Crippen molar-refractivity contribution in [3.05, 3.63) is 28.2 Å². The molecular weight excluding hydrogens is 324 g/mol. The number of anilines is 1. The summed E-state index contributed by atoms with van der Waals surface area (Å²) >= 11 is 3.63. The lowest BCUT2D eigenvalue weighted by molar-refractivity contribution is 0.529. The van der Waals surface area contributed by atoms with Crippen LogP contribution in [0.25, 0.3) is 0 Å².